The van der Waals surface area contributed by atoms with Crippen molar-refractivity contribution in [3.63, 3.8) is 0 Å². The summed E-state index contributed by atoms with van der Waals surface area (Å²) < 4.78 is 0. The van der Waals surface area contributed by atoms with E-state index < -0.39 is 0 Å². The molecule has 4 rings (SSSR count). The van der Waals surface area contributed by atoms with E-state index in [9.17, 15) is 0 Å². The van der Waals surface area contributed by atoms with Crippen LogP contribution in [0.15, 0.2) is 36.4 Å². The van der Waals surface area contributed by atoms with Crippen LogP contribution in [-0.4, -0.2) is 10.4 Å². The van der Waals surface area contributed by atoms with Gasteiger partial charge >= 0.3 is 0 Å². The van der Waals surface area contributed by atoms with E-state index in [2.05, 4.69) is 48.2 Å². The van der Waals surface area contributed by atoms with Crippen molar-refractivity contribution in [1.82, 2.24) is 4.90 Å². The molecule has 0 radical (unpaired) electrons. The van der Waals surface area contributed by atoms with E-state index in [0.29, 0.717) is 5.54 Å². The molecule has 0 unspecified atom stereocenters. The fraction of sp³-hybridized carbons (Fsp3) is 0.375. The zero-order chi connectivity index (χ0) is 11.5. The van der Waals surface area contributed by atoms with Crippen molar-refractivity contribution in [2.24, 2.45) is 0 Å². The van der Waals surface area contributed by atoms with Gasteiger partial charge in [0.1, 0.15) is 0 Å². The summed E-state index contributed by atoms with van der Waals surface area (Å²) >= 11 is 0. The number of rotatable bonds is 1. The lowest BCUT2D eigenvalue weighted by atomic mass is 10.0. The molecule has 0 aromatic heterocycles. The normalized spacial score (nSPS) is 21.7. The van der Waals surface area contributed by atoms with Crippen molar-refractivity contribution in [3.05, 3.63) is 47.5 Å². The Balaban J connectivity index is 1.79. The molecule has 86 valence electrons. The van der Waals surface area contributed by atoms with Crippen molar-refractivity contribution in [2.45, 2.75) is 38.4 Å². The highest BCUT2D eigenvalue weighted by Crippen LogP contribution is 2.45. The van der Waals surface area contributed by atoms with E-state index in [4.69, 9.17) is 0 Å². The van der Waals surface area contributed by atoms with E-state index >= 15 is 0 Å². The highest BCUT2D eigenvalue weighted by molar-refractivity contribution is 5.84. The molecule has 0 spiro atoms. The van der Waals surface area contributed by atoms with Gasteiger partial charge in [-0.05, 0) is 53.8 Å². The van der Waals surface area contributed by atoms with Gasteiger partial charge in [0.05, 0.1) is 0 Å². The Labute approximate surface area is 102 Å². The summed E-state index contributed by atoms with van der Waals surface area (Å²) in [6.45, 7) is 4.70. The second-order valence-corrected chi connectivity index (χ2v) is 5.82. The SMILES string of the molecule is CC1(N2Cc3cc4ccccc4cc3C2)CC1. The molecule has 0 N–H and O–H groups in total. The number of nitrogens with zero attached hydrogens (tertiary/aromatic N) is 1. The molecule has 1 nitrogen and oxygen atoms in total. The van der Waals surface area contributed by atoms with Gasteiger partial charge in [0.2, 0.25) is 0 Å². The Hall–Kier alpha value is -1.34. The zero-order valence-corrected chi connectivity index (χ0v) is 10.2. The van der Waals surface area contributed by atoms with Crippen LogP contribution >= 0.6 is 0 Å². The Bertz CT molecular complexity index is 551. The molecular formula is C16H17N. The smallest absolute Gasteiger partial charge is 0.0246 e. The van der Waals surface area contributed by atoms with Gasteiger partial charge in [-0.3, -0.25) is 4.90 Å². The number of fused-ring (bicyclic) bond motifs is 2. The Morgan fingerprint density at radius 2 is 1.47 bits per heavy atom. The summed E-state index contributed by atoms with van der Waals surface area (Å²) in [5, 5.41) is 2.77. The average molecular weight is 223 g/mol. The van der Waals surface area contributed by atoms with Gasteiger partial charge in [-0.1, -0.05) is 24.3 Å². The molecule has 2 aromatic rings. The van der Waals surface area contributed by atoms with E-state index in [-0.39, 0.29) is 0 Å². The molecule has 2 aromatic carbocycles. The third kappa shape index (κ3) is 1.42. The number of hydrogen-bond donors (Lipinski definition) is 0. The van der Waals surface area contributed by atoms with Crippen LogP contribution in [-0.2, 0) is 13.1 Å². The fourth-order valence-corrected chi connectivity index (χ4v) is 2.97. The van der Waals surface area contributed by atoms with Crippen molar-refractivity contribution in [2.75, 3.05) is 0 Å². The molecule has 1 heteroatoms. The van der Waals surface area contributed by atoms with Gasteiger partial charge < -0.3 is 0 Å². The van der Waals surface area contributed by atoms with Crippen LogP contribution < -0.4 is 0 Å². The lowest BCUT2D eigenvalue weighted by molar-refractivity contribution is 0.194. The topological polar surface area (TPSA) is 3.24 Å². The Kier molecular flexibility index (Phi) is 1.77. The summed E-state index contributed by atoms with van der Waals surface area (Å²) in [5.41, 5.74) is 3.58. The molecule has 1 saturated carbocycles. The predicted octanol–water partition coefficient (Wildman–Crippen LogP) is 3.71. The maximum Gasteiger partial charge on any atom is 0.0246 e. The average Bonchev–Trinajstić information content (AvgIpc) is 2.95. The minimum atomic E-state index is 0.505. The molecule has 17 heavy (non-hydrogen) atoms. The maximum atomic E-state index is 2.65. The van der Waals surface area contributed by atoms with Gasteiger partial charge in [-0.15, -0.1) is 0 Å². The van der Waals surface area contributed by atoms with Crippen molar-refractivity contribution in [1.29, 1.82) is 0 Å². The highest BCUT2D eigenvalue weighted by atomic mass is 15.2. The summed E-state index contributed by atoms with van der Waals surface area (Å²) in [7, 11) is 0. The lowest BCUT2D eigenvalue weighted by Crippen LogP contribution is -2.29. The molecule has 0 bridgehead atoms. The van der Waals surface area contributed by atoms with Crippen molar-refractivity contribution < 1.29 is 0 Å². The van der Waals surface area contributed by atoms with Crippen LogP contribution in [0, 0.1) is 0 Å². The monoisotopic (exact) mass is 223 g/mol. The quantitative estimate of drug-likeness (QED) is 0.712. The highest BCUT2D eigenvalue weighted by Gasteiger charge is 2.44. The molecule has 1 aliphatic heterocycles. The van der Waals surface area contributed by atoms with Crippen molar-refractivity contribution >= 4 is 10.8 Å². The van der Waals surface area contributed by atoms with E-state index in [1.165, 1.54) is 34.7 Å². The molecular weight excluding hydrogens is 206 g/mol. The van der Waals surface area contributed by atoms with Crippen LogP contribution in [0.4, 0.5) is 0 Å². The first-order valence-electron chi connectivity index (χ1n) is 6.50. The van der Waals surface area contributed by atoms with Crippen LogP contribution in [0.1, 0.15) is 30.9 Å². The van der Waals surface area contributed by atoms with Crippen LogP contribution in [0.5, 0.6) is 0 Å². The predicted molar refractivity (Wildman–Crippen MR) is 70.8 cm³/mol. The second-order valence-electron chi connectivity index (χ2n) is 5.82. The van der Waals surface area contributed by atoms with Crippen molar-refractivity contribution in [3.8, 4) is 0 Å². The zero-order valence-electron chi connectivity index (χ0n) is 10.2. The number of hydrogen-bond acceptors (Lipinski definition) is 1. The van der Waals surface area contributed by atoms with Gasteiger partial charge in [0.15, 0.2) is 0 Å². The summed E-state index contributed by atoms with van der Waals surface area (Å²) in [6, 6.07) is 13.5. The van der Waals surface area contributed by atoms with E-state index in [1.54, 1.807) is 0 Å². The van der Waals surface area contributed by atoms with Crippen LogP contribution in [0.25, 0.3) is 10.8 Å². The van der Waals surface area contributed by atoms with E-state index in [1.807, 2.05) is 0 Å². The van der Waals surface area contributed by atoms with E-state index in [0.717, 1.165) is 13.1 Å². The summed E-state index contributed by atoms with van der Waals surface area (Å²) in [6.07, 6.45) is 2.75. The fourth-order valence-electron chi connectivity index (χ4n) is 2.97. The molecule has 2 aliphatic rings. The molecule has 0 atom stereocenters. The Morgan fingerprint density at radius 3 is 1.94 bits per heavy atom. The first kappa shape index (κ1) is 9.67. The van der Waals surface area contributed by atoms with Gasteiger partial charge in [-0.2, -0.15) is 0 Å². The summed E-state index contributed by atoms with van der Waals surface area (Å²) in [5.74, 6) is 0. The number of benzene rings is 2. The van der Waals surface area contributed by atoms with Gasteiger partial charge in [0, 0.05) is 18.6 Å². The van der Waals surface area contributed by atoms with Crippen LogP contribution in [0.3, 0.4) is 0 Å². The van der Waals surface area contributed by atoms with Crippen LogP contribution in [0.2, 0.25) is 0 Å². The molecule has 1 heterocycles. The lowest BCUT2D eigenvalue weighted by Gasteiger charge is -2.22. The Morgan fingerprint density at radius 1 is 0.941 bits per heavy atom. The molecule has 1 aliphatic carbocycles. The maximum absolute atomic E-state index is 2.65. The molecule has 0 saturated heterocycles. The first-order valence-corrected chi connectivity index (χ1v) is 6.50. The standard InChI is InChI=1S/C16H17N/c1-16(6-7-16)17-10-14-8-12-4-2-3-5-13(12)9-15(14)11-17/h2-5,8-9H,6-7,10-11H2,1H3. The molecule has 1 fully saturated rings. The van der Waals surface area contributed by atoms with Gasteiger partial charge in [-0.25, -0.2) is 0 Å². The second kappa shape index (κ2) is 3.11. The first-order chi connectivity index (χ1) is 8.24. The van der Waals surface area contributed by atoms with Gasteiger partial charge in [0.25, 0.3) is 0 Å². The summed E-state index contributed by atoms with van der Waals surface area (Å²) in [4.78, 5) is 2.65. The minimum Gasteiger partial charge on any atom is -0.289 e. The molecule has 0 amide bonds. The largest absolute Gasteiger partial charge is 0.289 e. The third-order valence-electron chi connectivity index (χ3n) is 4.53. The minimum absolute atomic E-state index is 0.505. The third-order valence-corrected chi connectivity index (χ3v) is 4.53.